The van der Waals surface area contributed by atoms with Gasteiger partial charge in [-0.3, -0.25) is 4.79 Å². The summed E-state index contributed by atoms with van der Waals surface area (Å²) in [6, 6.07) is 4.75. The van der Waals surface area contributed by atoms with Gasteiger partial charge >= 0.3 is 0 Å². The summed E-state index contributed by atoms with van der Waals surface area (Å²) in [5.74, 6) is 6.01. The Labute approximate surface area is 133 Å². The number of hydrogen-bond acceptors (Lipinski definition) is 6. The van der Waals surface area contributed by atoms with E-state index in [9.17, 15) is 4.79 Å². The maximum Gasteiger partial charge on any atom is 0.273 e. The van der Waals surface area contributed by atoms with Crippen molar-refractivity contribution in [3.05, 3.63) is 40.1 Å². The molecule has 0 atom stereocenters. The van der Waals surface area contributed by atoms with Crippen LogP contribution in [0.1, 0.15) is 10.4 Å². The molecule has 0 aliphatic heterocycles. The van der Waals surface area contributed by atoms with Crippen molar-refractivity contribution in [2.75, 3.05) is 11.6 Å². The second kappa shape index (κ2) is 5.55. The zero-order valence-electron chi connectivity index (χ0n) is 10.4. The molecule has 0 aliphatic rings. The summed E-state index contributed by atoms with van der Waals surface area (Å²) in [7, 11) is 0. The molecule has 3 aromatic rings. The molecule has 0 aliphatic carbocycles. The monoisotopic (exact) mass is 342 g/mol. The summed E-state index contributed by atoms with van der Waals surface area (Å²) in [5.41, 5.74) is 0.415. The van der Waals surface area contributed by atoms with Crippen LogP contribution in [0.5, 0.6) is 0 Å². The molecule has 0 bridgehead atoms. The second-order valence-corrected chi connectivity index (χ2v) is 5.85. The van der Waals surface area contributed by atoms with Gasteiger partial charge in [0.2, 0.25) is 5.16 Å². The molecule has 21 heavy (non-hydrogen) atoms. The van der Waals surface area contributed by atoms with Gasteiger partial charge in [0.15, 0.2) is 5.78 Å². The van der Waals surface area contributed by atoms with E-state index in [0.29, 0.717) is 26.5 Å². The fourth-order valence-corrected chi connectivity index (χ4v) is 2.97. The number of aromatic nitrogens is 5. The number of benzene rings is 1. The van der Waals surface area contributed by atoms with E-state index in [4.69, 9.17) is 29.0 Å². The molecule has 3 rings (SSSR count). The molecule has 10 heteroatoms. The van der Waals surface area contributed by atoms with Gasteiger partial charge in [0, 0.05) is 10.6 Å². The lowest BCUT2D eigenvalue weighted by Gasteiger charge is -2.02. The quantitative estimate of drug-likeness (QED) is 0.442. The highest BCUT2D eigenvalue weighted by molar-refractivity contribution is 7.99. The molecule has 0 fully saturated rings. The summed E-state index contributed by atoms with van der Waals surface area (Å²) < 4.78 is 2.70. The van der Waals surface area contributed by atoms with Crippen molar-refractivity contribution in [1.82, 2.24) is 24.5 Å². The van der Waals surface area contributed by atoms with E-state index in [0.717, 1.165) is 0 Å². The minimum absolute atomic E-state index is 0.134. The van der Waals surface area contributed by atoms with Gasteiger partial charge in [-0.05, 0) is 18.2 Å². The predicted molar refractivity (Wildman–Crippen MR) is 80.4 cm³/mol. The molecule has 2 aromatic heterocycles. The Bertz CT molecular complexity index is 829. The lowest BCUT2D eigenvalue weighted by Crippen LogP contribution is -2.06. The number of nitrogen functional groups attached to an aromatic ring is 1. The molecule has 0 radical (unpaired) electrons. The maximum absolute atomic E-state index is 12.2. The average molecular weight is 343 g/mol. The molecule has 108 valence electrons. The summed E-state index contributed by atoms with van der Waals surface area (Å²) in [6.07, 6.45) is 1.41. The number of carbonyl (C=O) groups excluding carboxylic acids is 1. The number of Topliss-reactive ketones (excluding diaryl/α,β-unsaturated/α-hetero) is 1. The van der Waals surface area contributed by atoms with Crippen molar-refractivity contribution in [3.63, 3.8) is 0 Å². The average Bonchev–Trinajstić information content (AvgIpc) is 3.00. The summed E-state index contributed by atoms with van der Waals surface area (Å²) in [5, 5.41) is 13.1. The Hall–Kier alpha value is -1.77. The van der Waals surface area contributed by atoms with Crippen molar-refractivity contribution in [2.24, 2.45) is 0 Å². The normalized spacial score (nSPS) is 11.1. The minimum Gasteiger partial charge on any atom is -0.335 e. The summed E-state index contributed by atoms with van der Waals surface area (Å²) >= 11 is 13.0. The van der Waals surface area contributed by atoms with Crippen LogP contribution >= 0.6 is 35.0 Å². The third-order valence-electron chi connectivity index (χ3n) is 2.68. The van der Waals surface area contributed by atoms with Crippen LogP contribution in [-0.4, -0.2) is 36.0 Å². The van der Waals surface area contributed by atoms with Gasteiger partial charge < -0.3 is 5.84 Å². The van der Waals surface area contributed by atoms with E-state index in [1.807, 2.05) is 0 Å². The van der Waals surface area contributed by atoms with E-state index >= 15 is 0 Å². The van der Waals surface area contributed by atoms with Crippen molar-refractivity contribution >= 4 is 46.5 Å². The minimum atomic E-state index is -0.134. The number of fused-ring (bicyclic) bond motifs is 1. The summed E-state index contributed by atoms with van der Waals surface area (Å²) in [6.45, 7) is 0. The van der Waals surface area contributed by atoms with Gasteiger partial charge in [0.1, 0.15) is 6.33 Å². The lowest BCUT2D eigenvalue weighted by molar-refractivity contribution is 0.102. The molecular formula is C11H8Cl2N6OS. The molecule has 2 heterocycles. The zero-order chi connectivity index (χ0) is 15.0. The molecule has 0 saturated carbocycles. The number of rotatable bonds is 4. The van der Waals surface area contributed by atoms with E-state index < -0.39 is 0 Å². The zero-order valence-corrected chi connectivity index (χ0v) is 12.7. The highest BCUT2D eigenvalue weighted by Crippen LogP contribution is 2.24. The first-order valence-corrected chi connectivity index (χ1v) is 7.45. The molecule has 0 saturated heterocycles. The van der Waals surface area contributed by atoms with E-state index in [1.165, 1.54) is 33.3 Å². The van der Waals surface area contributed by atoms with Crippen LogP contribution in [-0.2, 0) is 0 Å². The number of thioether (sulfide) groups is 1. The first-order valence-electron chi connectivity index (χ1n) is 5.71. The van der Waals surface area contributed by atoms with Crippen molar-refractivity contribution in [2.45, 2.75) is 5.16 Å². The topological polar surface area (TPSA) is 91.1 Å². The first kappa shape index (κ1) is 14.2. The molecule has 0 unspecified atom stereocenters. The van der Waals surface area contributed by atoms with Gasteiger partial charge in [-0.2, -0.15) is 9.61 Å². The number of hydrogen-bond donors (Lipinski definition) is 1. The summed E-state index contributed by atoms with van der Waals surface area (Å²) in [4.78, 5) is 12.2. The van der Waals surface area contributed by atoms with Crippen LogP contribution in [0.3, 0.4) is 0 Å². The van der Waals surface area contributed by atoms with Gasteiger partial charge in [0.05, 0.1) is 10.8 Å². The maximum atomic E-state index is 12.2. The largest absolute Gasteiger partial charge is 0.335 e. The Morgan fingerprint density at radius 2 is 2.14 bits per heavy atom. The molecule has 7 nitrogen and oxygen atoms in total. The molecule has 2 N–H and O–H groups in total. The van der Waals surface area contributed by atoms with Crippen molar-refractivity contribution in [1.29, 1.82) is 0 Å². The predicted octanol–water partition coefficient (Wildman–Crippen LogP) is 1.92. The third-order valence-corrected chi connectivity index (χ3v) is 4.15. The van der Waals surface area contributed by atoms with Crippen LogP contribution in [0.4, 0.5) is 0 Å². The van der Waals surface area contributed by atoms with Crippen LogP contribution in [0.25, 0.3) is 5.78 Å². The SMILES string of the molecule is Nn1cnn2c(SCC(=O)c3ccc(Cl)cc3Cl)nnc12. The van der Waals surface area contributed by atoms with Crippen LogP contribution in [0, 0.1) is 0 Å². The highest BCUT2D eigenvalue weighted by Gasteiger charge is 2.15. The van der Waals surface area contributed by atoms with E-state index in [-0.39, 0.29) is 11.5 Å². The van der Waals surface area contributed by atoms with Gasteiger partial charge in [0.25, 0.3) is 5.78 Å². The van der Waals surface area contributed by atoms with E-state index in [1.54, 1.807) is 12.1 Å². The number of halogens is 2. The van der Waals surface area contributed by atoms with Crippen molar-refractivity contribution in [3.8, 4) is 0 Å². The first-order chi connectivity index (χ1) is 10.1. The lowest BCUT2D eigenvalue weighted by atomic mass is 10.1. The van der Waals surface area contributed by atoms with Crippen molar-refractivity contribution < 1.29 is 4.79 Å². The van der Waals surface area contributed by atoms with E-state index in [2.05, 4.69) is 15.3 Å². The van der Waals surface area contributed by atoms with Gasteiger partial charge in [-0.15, -0.1) is 10.2 Å². The molecule has 0 amide bonds. The Morgan fingerprint density at radius 1 is 1.33 bits per heavy atom. The molecule has 1 aromatic carbocycles. The van der Waals surface area contributed by atoms with Crippen LogP contribution < -0.4 is 5.84 Å². The second-order valence-electron chi connectivity index (χ2n) is 4.07. The Morgan fingerprint density at radius 3 is 2.90 bits per heavy atom. The standard InChI is InChI=1S/C11H8Cl2N6OS/c12-6-1-2-7(8(13)3-6)9(20)4-21-11-17-16-10-18(14)5-15-19(10)11/h1-3,5H,4,14H2. The Balaban J connectivity index is 1.76. The fourth-order valence-electron chi connectivity index (χ4n) is 1.69. The number of carbonyl (C=O) groups is 1. The van der Waals surface area contributed by atoms with Crippen LogP contribution in [0.15, 0.2) is 29.7 Å². The fraction of sp³-hybridized carbons (Fsp3) is 0.0909. The number of nitrogens with zero attached hydrogens (tertiary/aromatic N) is 5. The number of nitrogens with two attached hydrogens (primary N) is 1. The van der Waals surface area contributed by atoms with Gasteiger partial charge in [-0.25, -0.2) is 4.68 Å². The number of ketones is 1. The van der Waals surface area contributed by atoms with Gasteiger partial charge in [-0.1, -0.05) is 35.0 Å². The molecular weight excluding hydrogens is 335 g/mol. The molecule has 0 spiro atoms. The van der Waals surface area contributed by atoms with Crippen LogP contribution in [0.2, 0.25) is 10.0 Å². The third kappa shape index (κ3) is 2.69. The smallest absolute Gasteiger partial charge is 0.273 e. The Kier molecular flexibility index (Phi) is 3.75. The highest BCUT2D eigenvalue weighted by atomic mass is 35.5.